The lowest BCUT2D eigenvalue weighted by molar-refractivity contribution is -0.0511. The molecule has 2 aromatic rings. The average Bonchev–Trinajstić information content (AvgIpc) is 3.34. The Balaban J connectivity index is 1.63. The Kier molecular flexibility index (Phi) is 4.76. The second-order valence-electron chi connectivity index (χ2n) is 6.80. The molecule has 0 bridgehead atoms. The fourth-order valence-corrected chi connectivity index (χ4v) is 3.54. The maximum Gasteiger partial charge on any atom is 0.181 e. The van der Waals surface area contributed by atoms with Crippen molar-refractivity contribution in [2.24, 2.45) is 0 Å². The van der Waals surface area contributed by atoms with Gasteiger partial charge in [0.1, 0.15) is 24.1 Å². The normalized spacial score (nSPS) is 29.7. The number of aliphatic hydroxyl groups is 3. The molecule has 26 heavy (non-hydrogen) atoms. The lowest BCUT2D eigenvalue weighted by atomic mass is 10.1. The van der Waals surface area contributed by atoms with Gasteiger partial charge in [0.05, 0.1) is 19.0 Å². The summed E-state index contributed by atoms with van der Waals surface area (Å²) in [6, 6.07) is 0. The summed E-state index contributed by atoms with van der Waals surface area (Å²) in [7, 11) is 0. The molecule has 1 aliphatic carbocycles. The van der Waals surface area contributed by atoms with Crippen LogP contribution in [0.1, 0.15) is 37.7 Å². The largest absolute Gasteiger partial charge is 0.394 e. The predicted molar refractivity (Wildman–Crippen MR) is 90.0 cm³/mol. The quantitative estimate of drug-likeness (QED) is 0.541. The van der Waals surface area contributed by atoms with Crippen LogP contribution in [0.15, 0.2) is 6.33 Å². The number of fused-ring (bicyclic) bond motifs is 1. The highest BCUT2D eigenvalue weighted by atomic mass is 16.7. The van der Waals surface area contributed by atoms with E-state index >= 15 is 0 Å². The Labute approximate surface area is 149 Å². The standard InChI is InChI=1S/C16H23N5O5/c1-8-18-14(20-26-9-4-2-3-5-9)11-15(19-8)21(7-17-11)16-13(24)12(23)10(6-22)25-16/h7,9-10,12-13,16,22-24H,2-6H2,1H3,(H,18,19,20)/t10-,12-,13-,16-/m1/s1. The van der Waals surface area contributed by atoms with Crippen LogP contribution in [0.2, 0.25) is 0 Å². The highest BCUT2D eigenvalue weighted by Crippen LogP contribution is 2.32. The van der Waals surface area contributed by atoms with Crippen molar-refractivity contribution in [3.05, 3.63) is 12.2 Å². The van der Waals surface area contributed by atoms with E-state index < -0.39 is 31.1 Å². The van der Waals surface area contributed by atoms with Gasteiger partial charge in [-0.15, -0.1) is 0 Å². The summed E-state index contributed by atoms with van der Waals surface area (Å²) in [4.78, 5) is 18.8. The van der Waals surface area contributed by atoms with Crippen molar-refractivity contribution >= 4 is 17.0 Å². The van der Waals surface area contributed by atoms with Gasteiger partial charge in [-0.25, -0.2) is 20.4 Å². The lowest BCUT2D eigenvalue weighted by Gasteiger charge is -2.17. The van der Waals surface area contributed by atoms with Crippen LogP contribution in [0.3, 0.4) is 0 Å². The molecule has 0 aromatic carbocycles. The minimum atomic E-state index is -1.20. The summed E-state index contributed by atoms with van der Waals surface area (Å²) in [5, 5.41) is 29.5. The summed E-state index contributed by atoms with van der Waals surface area (Å²) < 4.78 is 7.11. The van der Waals surface area contributed by atoms with E-state index in [1.54, 1.807) is 6.92 Å². The van der Waals surface area contributed by atoms with Crippen LogP contribution >= 0.6 is 0 Å². The molecule has 142 valence electrons. The molecule has 4 N–H and O–H groups in total. The fraction of sp³-hybridized carbons (Fsp3) is 0.688. The number of hydrogen-bond acceptors (Lipinski definition) is 9. The van der Waals surface area contributed by atoms with Gasteiger partial charge in [0, 0.05) is 0 Å². The Morgan fingerprint density at radius 2 is 2.04 bits per heavy atom. The third-order valence-electron chi connectivity index (χ3n) is 4.95. The van der Waals surface area contributed by atoms with Crippen LogP contribution in [-0.2, 0) is 9.57 Å². The first-order valence-corrected chi connectivity index (χ1v) is 8.83. The smallest absolute Gasteiger partial charge is 0.181 e. The van der Waals surface area contributed by atoms with Crippen molar-refractivity contribution in [1.29, 1.82) is 0 Å². The molecule has 2 aliphatic rings. The van der Waals surface area contributed by atoms with E-state index in [1.165, 1.54) is 10.9 Å². The number of aromatic nitrogens is 4. The molecule has 0 unspecified atom stereocenters. The number of aryl methyl sites for hydroxylation is 1. The van der Waals surface area contributed by atoms with Crippen LogP contribution < -0.4 is 5.48 Å². The number of nitrogens with one attached hydrogen (secondary N) is 1. The lowest BCUT2D eigenvalue weighted by Crippen LogP contribution is -2.33. The zero-order chi connectivity index (χ0) is 18.3. The monoisotopic (exact) mass is 365 g/mol. The number of rotatable bonds is 5. The molecule has 2 aromatic heterocycles. The SMILES string of the molecule is Cc1nc(NOC2CCCC2)c2ncn([C@@H]3O[C@H](CO)[C@@H](O)[C@H]3O)c2n1. The Morgan fingerprint density at radius 1 is 1.27 bits per heavy atom. The third kappa shape index (κ3) is 3.03. The Hall–Kier alpha value is -1.85. The first-order chi connectivity index (χ1) is 12.6. The minimum Gasteiger partial charge on any atom is -0.394 e. The van der Waals surface area contributed by atoms with Crippen molar-refractivity contribution < 1.29 is 24.9 Å². The first-order valence-electron chi connectivity index (χ1n) is 8.83. The molecule has 0 spiro atoms. The van der Waals surface area contributed by atoms with Gasteiger partial charge in [-0.2, -0.15) is 0 Å². The molecular formula is C16H23N5O5. The Bertz CT molecular complexity index is 778. The first kappa shape index (κ1) is 17.6. The predicted octanol–water partition coefficient (Wildman–Crippen LogP) is 0.0323. The molecule has 10 nitrogen and oxygen atoms in total. The highest BCUT2D eigenvalue weighted by Gasteiger charge is 2.44. The van der Waals surface area contributed by atoms with Crippen LogP contribution in [-0.4, -0.2) is 65.9 Å². The molecule has 2 fully saturated rings. The number of hydrogen-bond donors (Lipinski definition) is 4. The van der Waals surface area contributed by atoms with E-state index in [2.05, 4.69) is 20.4 Å². The molecule has 0 radical (unpaired) electrons. The van der Waals surface area contributed by atoms with Gasteiger partial charge >= 0.3 is 0 Å². The Morgan fingerprint density at radius 3 is 2.73 bits per heavy atom. The van der Waals surface area contributed by atoms with E-state index in [4.69, 9.17) is 9.57 Å². The van der Waals surface area contributed by atoms with E-state index in [1.807, 2.05) is 0 Å². The average molecular weight is 365 g/mol. The summed E-state index contributed by atoms with van der Waals surface area (Å²) in [6.07, 6.45) is 1.81. The summed E-state index contributed by atoms with van der Waals surface area (Å²) in [6.45, 7) is 1.35. The van der Waals surface area contributed by atoms with Crippen molar-refractivity contribution in [2.75, 3.05) is 12.1 Å². The van der Waals surface area contributed by atoms with Crippen LogP contribution in [0.25, 0.3) is 11.2 Å². The molecule has 4 rings (SSSR count). The zero-order valence-corrected chi connectivity index (χ0v) is 14.4. The van der Waals surface area contributed by atoms with Crippen molar-refractivity contribution in [3.8, 4) is 0 Å². The van der Waals surface area contributed by atoms with Crippen molar-refractivity contribution in [3.63, 3.8) is 0 Å². The molecule has 10 heteroatoms. The van der Waals surface area contributed by atoms with Crippen LogP contribution in [0.4, 0.5) is 5.82 Å². The highest BCUT2D eigenvalue weighted by molar-refractivity contribution is 5.82. The maximum atomic E-state index is 10.3. The number of aliphatic hydroxyl groups excluding tert-OH is 3. The maximum absolute atomic E-state index is 10.3. The summed E-state index contributed by atoms with van der Waals surface area (Å²) in [5.74, 6) is 0.952. The van der Waals surface area contributed by atoms with Crippen LogP contribution in [0, 0.1) is 6.92 Å². The third-order valence-corrected chi connectivity index (χ3v) is 4.95. The zero-order valence-electron chi connectivity index (χ0n) is 14.4. The molecule has 1 saturated carbocycles. The van der Waals surface area contributed by atoms with Gasteiger partial charge in [0.25, 0.3) is 0 Å². The van der Waals surface area contributed by atoms with Gasteiger partial charge < -0.3 is 20.1 Å². The number of nitrogens with zero attached hydrogens (tertiary/aromatic N) is 4. The van der Waals surface area contributed by atoms with Gasteiger partial charge in [0.2, 0.25) is 0 Å². The van der Waals surface area contributed by atoms with Crippen LogP contribution in [0.5, 0.6) is 0 Å². The van der Waals surface area contributed by atoms with E-state index in [9.17, 15) is 15.3 Å². The summed E-state index contributed by atoms with van der Waals surface area (Å²) in [5.41, 5.74) is 3.82. The molecule has 0 amide bonds. The topological polar surface area (TPSA) is 135 Å². The molecular weight excluding hydrogens is 342 g/mol. The number of ether oxygens (including phenoxy) is 1. The number of anilines is 1. The molecule has 1 aliphatic heterocycles. The van der Waals surface area contributed by atoms with Gasteiger partial charge in [-0.1, -0.05) is 12.8 Å². The van der Waals surface area contributed by atoms with Crippen molar-refractivity contribution in [1.82, 2.24) is 19.5 Å². The van der Waals surface area contributed by atoms with E-state index in [0.29, 0.717) is 22.8 Å². The number of imidazole rings is 1. The van der Waals surface area contributed by atoms with Gasteiger partial charge in [-0.05, 0) is 19.8 Å². The minimum absolute atomic E-state index is 0.155. The van der Waals surface area contributed by atoms with Crippen molar-refractivity contribution in [2.45, 2.75) is 63.3 Å². The van der Waals surface area contributed by atoms with Gasteiger partial charge in [0.15, 0.2) is 23.2 Å². The molecule has 4 atom stereocenters. The van der Waals surface area contributed by atoms with E-state index in [-0.39, 0.29) is 6.10 Å². The van der Waals surface area contributed by atoms with E-state index in [0.717, 1.165) is 25.7 Å². The second-order valence-corrected chi connectivity index (χ2v) is 6.80. The van der Waals surface area contributed by atoms with Gasteiger partial charge in [-0.3, -0.25) is 9.40 Å². The molecule has 3 heterocycles. The molecule has 1 saturated heterocycles. The summed E-state index contributed by atoms with van der Waals surface area (Å²) >= 11 is 0. The second kappa shape index (κ2) is 7.05. The fourth-order valence-electron chi connectivity index (χ4n) is 3.54.